The lowest BCUT2D eigenvalue weighted by atomic mass is 9.98. The quantitative estimate of drug-likeness (QED) is 0.120. The van der Waals surface area contributed by atoms with Crippen LogP contribution >= 0.6 is 19.2 Å². The van der Waals surface area contributed by atoms with Gasteiger partial charge in [-0.25, -0.2) is 24.1 Å². The summed E-state index contributed by atoms with van der Waals surface area (Å²) >= 11 is 1.46. The number of rotatable bonds is 12. The lowest BCUT2D eigenvalue weighted by Gasteiger charge is -2.25. The number of nitrogens with zero attached hydrogens (tertiary/aromatic N) is 3. The highest BCUT2D eigenvalue weighted by atomic mass is 32.1. The second-order valence-electron chi connectivity index (χ2n) is 11.3. The summed E-state index contributed by atoms with van der Waals surface area (Å²) in [5.74, 6) is -0.647. The Kier molecular flexibility index (Phi) is 9.52. The monoisotopic (exact) mass is 655 g/mol. The van der Waals surface area contributed by atoms with Crippen molar-refractivity contribution in [2.45, 2.75) is 52.0 Å². The normalized spacial score (nSPS) is 14.1. The standard InChI is InChI=1S/C30H34N5O8PS/c1-4-31-30(39)34-26-11-20(28-33-24(15-45-28)17-5-6-17)22(12-32-26)18-7-8-25-21(10-18)27(36)23(29(37)38)13-35(25)19(9-16(2)3)14-43-44(40,41)42/h7-8,10-13,15-17,19H,4-6,9,14H2,1-3H3,(H,37,38)(H2,40,41,42)(H2,31,32,34,39). The van der Waals surface area contributed by atoms with E-state index in [0.717, 1.165) is 18.5 Å². The van der Waals surface area contributed by atoms with E-state index in [1.165, 1.54) is 17.5 Å². The number of benzene rings is 1. The molecule has 1 aromatic carbocycles. The highest BCUT2D eigenvalue weighted by molar-refractivity contribution is 7.46. The fourth-order valence-corrected chi connectivity index (χ4v) is 6.49. The third-order valence-corrected chi connectivity index (χ3v) is 8.76. The van der Waals surface area contributed by atoms with Crippen molar-refractivity contribution in [3.63, 3.8) is 0 Å². The number of nitrogens with one attached hydrogen (secondary N) is 2. The molecule has 238 valence electrons. The summed E-state index contributed by atoms with van der Waals surface area (Å²) < 4.78 is 17.9. The van der Waals surface area contributed by atoms with Crippen LogP contribution in [0.3, 0.4) is 0 Å². The van der Waals surface area contributed by atoms with Gasteiger partial charge in [0, 0.05) is 46.7 Å². The van der Waals surface area contributed by atoms with Gasteiger partial charge in [0.1, 0.15) is 16.4 Å². The molecule has 45 heavy (non-hydrogen) atoms. The number of fused-ring (bicyclic) bond motifs is 1. The van der Waals surface area contributed by atoms with Gasteiger partial charge in [-0.15, -0.1) is 11.3 Å². The van der Waals surface area contributed by atoms with Crippen molar-refractivity contribution in [1.29, 1.82) is 0 Å². The van der Waals surface area contributed by atoms with Crippen molar-refractivity contribution in [2.24, 2.45) is 5.92 Å². The van der Waals surface area contributed by atoms with E-state index in [9.17, 15) is 33.8 Å². The molecule has 1 unspecified atom stereocenters. The van der Waals surface area contributed by atoms with Gasteiger partial charge in [-0.3, -0.25) is 14.6 Å². The number of hydrogen-bond donors (Lipinski definition) is 5. The number of aromatic nitrogens is 3. The average Bonchev–Trinajstić information content (AvgIpc) is 3.71. The summed E-state index contributed by atoms with van der Waals surface area (Å²) in [7, 11) is -4.82. The summed E-state index contributed by atoms with van der Waals surface area (Å²) in [5, 5.41) is 18.1. The molecule has 1 aliphatic carbocycles. The van der Waals surface area contributed by atoms with Crippen LogP contribution in [0.25, 0.3) is 32.6 Å². The molecule has 0 bridgehead atoms. The summed E-state index contributed by atoms with van der Waals surface area (Å²) in [4.78, 5) is 65.9. The smallest absolute Gasteiger partial charge is 0.469 e. The number of hydrogen-bond acceptors (Lipinski definition) is 8. The van der Waals surface area contributed by atoms with Crippen molar-refractivity contribution < 1.29 is 33.6 Å². The number of aromatic carboxylic acids is 1. The van der Waals surface area contributed by atoms with Gasteiger partial charge in [0.2, 0.25) is 5.43 Å². The molecule has 2 amide bonds. The number of thiazole rings is 1. The Labute approximate surface area is 262 Å². The van der Waals surface area contributed by atoms with Gasteiger partial charge in [-0.2, -0.15) is 0 Å². The predicted molar refractivity (Wildman–Crippen MR) is 171 cm³/mol. The largest absolute Gasteiger partial charge is 0.477 e. The minimum Gasteiger partial charge on any atom is -0.477 e. The van der Waals surface area contributed by atoms with E-state index < -0.39 is 43.5 Å². The number of phosphoric acid groups is 1. The zero-order valence-corrected chi connectivity index (χ0v) is 26.6. The molecule has 4 aromatic rings. The number of carboxylic acid groups (broad SMARTS) is 1. The molecular weight excluding hydrogens is 621 g/mol. The maximum absolute atomic E-state index is 13.5. The molecule has 0 aliphatic heterocycles. The molecule has 0 spiro atoms. The van der Waals surface area contributed by atoms with Gasteiger partial charge in [0.25, 0.3) is 0 Å². The number of phosphoric ester groups is 1. The first-order valence-electron chi connectivity index (χ1n) is 14.5. The number of carboxylic acids is 1. The Morgan fingerprint density at radius 3 is 2.60 bits per heavy atom. The van der Waals surface area contributed by atoms with Crippen LogP contribution < -0.4 is 16.1 Å². The fourth-order valence-electron chi connectivity index (χ4n) is 5.19. The molecule has 5 rings (SSSR count). The Morgan fingerprint density at radius 2 is 1.96 bits per heavy atom. The van der Waals surface area contributed by atoms with Gasteiger partial charge < -0.3 is 24.8 Å². The Morgan fingerprint density at radius 1 is 1.20 bits per heavy atom. The number of pyridine rings is 2. The molecule has 13 nitrogen and oxygen atoms in total. The summed E-state index contributed by atoms with van der Waals surface area (Å²) in [6, 6.07) is 5.65. The summed E-state index contributed by atoms with van der Waals surface area (Å²) in [5.41, 5.74) is 2.04. The van der Waals surface area contributed by atoms with E-state index in [-0.39, 0.29) is 11.3 Å². The molecular formula is C30H34N5O8PS. The van der Waals surface area contributed by atoms with Crippen LogP contribution in [0.4, 0.5) is 10.6 Å². The van der Waals surface area contributed by atoms with Crippen LogP contribution in [-0.4, -0.2) is 54.6 Å². The van der Waals surface area contributed by atoms with Gasteiger partial charge >= 0.3 is 19.8 Å². The van der Waals surface area contributed by atoms with Gasteiger partial charge in [0.05, 0.1) is 23.9 Å². The van der Waals surface area contributed by atoms with Gasteiger partial charge in [-0.1, -0.05) is 19.9 Å². The predicted octanol–water partition coefficient (Wildman–Crippen LogP) is 5.60. The molecule has 5 N–H and O–H groups in total. The summed E-state index contributed by atoms with van der Waals surface area (Å²) in [6.07, 6.45) is 5.32. The molecule has 0 radical (unpaired) electrons. The van der Waals surface area contributed by atoms with Crippen LogP contribution in [0.5, 0.6) is 0 Å². The highest BCUT2D eigenvalue weighted by Crippen LogP contribution is 2.43. The maximum Gasteiger partial charge on any atom is 0.469 e. The highest BCUT2D eigenvalue weighted by Gasteiger charge is 2.28. The van der Waals surface area contributed by atoms with Crippen LogP contribution in [-0.2, 0) is 9.09 Å². The minimum atomic E-state index is -4.82. The van der Waals surface area contributed by atoms with Crippen molar-refractivity contribution in [3.05, 3.63) is 63.5 Å². The van der Waals surface area contributed by atoms with E-state index >= 15 is 0 Å². The SMILES string of the molecule is CCNC(=O)Nc1cc(-c2nc(C3CC3)cs2)c(-c2ccc3c(c2)c(=O)c(C(=O)O)cn3C(COP(=O)(O)O)CC(C)C)cn1. The lowest BCUT2D eigenvalue weighted by Crippen LogP contribution is -2.28. The molecule has 15 heteroatoms. The summed E-state index contributed by atoms with van der Waals surface area (Å²) in [6.45, 7) is 5.66. The zero-order valence-electron chi connectivity index (χ0n) is 24.9. The van der Waals surface area contributed by atoms with Crippen molar-refractivity contribution in [2.75, 3.05) is 18.5 Å². The average molecular weight is 656 g/mol. The maximum atomic E-state index is 13.5. The number of urea groups is 1. The van der Waals surface area contributed by atoms with Crippen molar-refractivity contribution in [1.82, 2.24) is 19.9 Å². The molecule has 1 atom stereocenters. The molecule has 3 aromatic heterocycles. The van der Waals surface area contributed by atoms with Crippen LogP contribution in [0.1, 0.15) is 68.0 Å². The van der Waals surface area contributed by atoms with E-state index in [1.807, 2.05) is 19.2 Å². The Hall–Kier alpha value is -3.94. The van der Waals surface area contributed by atoms with Crippen molar-refractivity contribution in [3.8, 4) is 21.7 Å². The zero-order chi connectivity index (χ0) is 32.5. The fraction of sp³-hybridized carbons (Fsp3) is 0.367. The minimum absolute atomic E-state index is 0.0522. The van der Waals surface area contributed by atoms with Crippen molar-refractivity contribution >= 4 is 47.9 Å². The third-order valence-electron chi connectivity index (χ3n) is 7.38. The first-order chi connectivity index (χ1) is 21.3. The molecule has 1 fully saturated rings. The second kappa shape index (κ2) is 13.2. The number of amides is 2. The number of anilines is 1. The van der Waals surface area contributed by atoms with Gasteiger partial charge in [0.15, 0.2) is 0 Å². The number of carbonyl (C=O) groups excluding carboxylic acids is 1. The lowest BCUT2D eigenvalue weighted by molar-refractivity contribution is 0.0693. The first-order valence-corrected chi connectivity index (χ1v) is 16.9. The molecule has 0 saturated heterocycles. The van der Waals surface area contributed by atoms with Crippen LogP contribution in [0.2, 0.25) is 0 Å². The van der Waals surface area contributed by atoms with E-state index in [4.69, 9.17) is 9.51 Å². The van der Waals surface area contributed by atoms with E-state index in [2.05, 4.69) is 15.6 Å². The number of carbonyl (C=O) groups is 2. The first kappa shape index (κ1) is 32.5. The molecule has 1 saturated carbocycles. The Bertz CT molecular complexity index is 1860. The van der Waals surface area contributed by atoms with Crippen LogP contribution in [0, 0.1) is 5.92 Å². The topological polar surface area (TPSA) is 193 Å². The van der Waals surface area contributed by atoms with E-state index in [1.54, 1.807) is 42.0 Å². The molecule has 1 aliphatic rings. The third kappa shape index (κ3) is 7.66. The van der Waals surface area contributed by atoms with Gasteiger partial charge in [-0.05, 0) is 55.9 Å². The second-order valence-corrected chi connectivity index (χ2v) is 13.4. The molecule has 3 heterocycles. The van der Waals surface area contributed by atoms with E-state index in [0.29, 0.717) is 51.9 Å². The Balaban J connectivity index is 1.67. The van der Waals surface area contributed by atoms with Crippen LogP contribution in [0.15, 0.2) is 46.8 Å².